The molecule has 1 aromatic heterocycles. The lowest BCUT2D eigenvalue weighted by atomic mass is 10.1. The van der Waals surface area contributed by atoms with Crippen LogP contribution in [0.3, 0.4) is 0 Å². The summed E-state index contributed by atoms with van der Waals surface area (Å²) < 4.78 is 5.26. The van der Waals surface area contributed by atoms with Crippen LogP contribution in [0.1, 0.15) is 42.5 Å². The monoisotopic (exact) mass is 376 g/mol. The largest absolute Gasteiger partial charge is 0.422 e. The number of amides is 1. The molecule has 2 aromatic rings. The van der Waals surface area contributed by atoms with Gasteiger partial charge in [0.15, 0.2) is 0 Å². The molecule has 0 N–H and O–H groups in total. The van der Waals surface area contributed by atoms with Crippen LogP contribution < -0.4 is 5.63 Å². The average molecular weight is 377 g/mol. The molecule has 6 heteroatoms. The van der Waals surface area contributed by atoms with E-state index in [1.807, 2.05) is 0 Å². The summed E-state index contributed by atoms with van der Waals surface area (Å²) in [4.78, 5) is 28.9. The fourth-order valence-electron chi connectivity index (χ4n) is 3.44. The van der Waals surface area contributed by atoms with Crippen LogP contribution in [0.25, 0.3) is 11.0 Å². The van der Waals surface area contributed by atoms with Gasteiger partial charge in [-0.05, 0) is 63.2 Å². The lowest BCUT2D eigenvalue weighted by molar-refractivity contribution is 0.0784. The van der Waals surface area contributed by atoms with Gasteiger partial charge in [0, 0.05) is 24.0 Å². The molecule has 0 radical (unpaired) electrons. The molecule has 1 fully saturated rings. The third-order valence-electron chi connectivity index (χ3n) is 4.94. The standard InChI is InChI=1S/C20H25ClN2O3/c1-22(9-6-12-23-10-4-2-3-5-11-23)19(24)17-14-15-13-16(21)7-8-18(15)26-20(17)25/h7-8,13-14H,2-6,9-12H2,1H3. The molecule has 1 aliphatic heterocycles. The number of hydrogen-bond acceptors (Lipinski definition) is 4. The first kappa shape index (κ1) is 18.9. The number of likely N-dealkylation sites (tertiary alicyclic amines) is 1. The van der Waals surface area contributed by atoms with Crippen molar-refractivity contribution in [2.45, 2.75) is 32.1 Å². The molecule has 2 heterocycles. The van der Waals surface area contributed by atoms with E-state index in [1.165, 1.54) is 25.7 Å². The van der Waals surface area contributed by atoms with Crippen LogP contribution >= 0.6 is 11.6 Å². The molecule has 0 atom stereocenters. The van der Waals surface area contributed by atoms with Crippen LogP contribution in [0, 0.1) is 0 Å². The zero-order valence-electron chi connectivity index (χ0n) is 15.2. The van der Waals surface area contributed by atoms with Crippen molar-refractivity contribution in [2.24, 2.45) is 0 Å². The highest BCUT2D eigenvalue weighted by Crippen LogP contribution is 2.19. The number of fused-ring (bicyclic) bond motifs is 1. The molecular weight excluding hydrogens is 352 g/mol. The van der Waals surface area contributed by atoms with Gasteiger partial charge in [0.25, 0.3) is 5.91 Å². The number of benzene rings is 1. The maximum absolute atomic E-state index is 12.7. The molecule has 0 spiro atoms. The lowest BCUT2D eigenvalue weighted by Crippen LogP contribution is -2.34. The Morgan fingerprint density at radius 3 is 2.65 bits per heavy atom. The molecule has 26 heavy (non-hydrogen) atoms. The Hall–Kier alpha value is -1.85. The van der Waals surface area contributed by atoms with Gasteiger partial charge in [0.2, 0.25) is 0 Å². The third-order valence-corrected chi connectivity index (χ3v) is 5.17. The van der Waals surface area contributed by atoms with E-state index < -0.39 is 5.63 Å². The molecule has 0 unspecified atom stereocenters. The van der Waals surface area contributed by atoms with Gasteiger partial charge in [0.1, 0.15) is 11.1 Å². The van der Waals surface area contributed by atoms with Crippen molar-refractivity contribution in [1.29, 1.82) is 0 Å². The highest BCUT2D eigenvalue weighted by Gasteiger charge is 2.18. The van der Waals surface area contributed by atoms with Gasteiger partial charge in [-0.15, -0.1) is 0 Å². The number of carbonyl (C=O) groups is 1. The molecule has 140 valence electrons. The van der Waals surface area contributed by atoms with Crippen molar-refractivity contribution < 1.29 is 9.21 Å². The van der Waals surface area contributed by atoms with E-state index in [4.69, 9.17) is 16.0 Å². The van der Waals surface area contributed by atoms with Crippen molar-refractivity contribution in [3.8, 4) is 0 Å². The minimum Gasteiger partial charge on any atom is -0.422 e. The second-order valence-corrected chi connectivity index (χ2v) is 7.40. The second-order valence-electron chi connectivity index (χ2n) is 6.97. The highest BCUT2D eigenvalue weighted by atomic mass is 35.5. The molecule has 5 nitrogen and oxygen atoms in total. The first-order chi connectivity index (χ1) is 12.5. The zero-order valence-corrected chi connectivity index (χ0v) is 15.9. The highest BCUT2D eigenvalue weighted by molar-refractivity contribution is 6.31. The first-order valence-electron chi connectivity index (χ1n) is 9.26. The van der Waals surface area contributed by atoms with Crippen molar-refractivity contribution in [3.05, 3.63) is 45.3 Å². The van der Waals surface area contributed by atoms with E-state index in [0.29, 0.717) is 22.5 Å². The third kappa shape index (κ3) is 4.65. The average Bonchev–Trinajstić information content (AvgIpc) is 2.89. The summed E-state index contributed by atoms with van der Waals surface area (Å²) in [5, 5.41) is 1.19. The summed E-state index contributed by atoms with van der Waals surface area (Å²) in [5.41, 5.74) is -0.124. The summed E-state index contributed by atoms with van der Waals surface area (Å²) in [6.45, 7) is 3.89. The Morgan fingerprint density at radius 1 is 1.19 bits per heavy atom. The van der Waals surface area contributed by atoms with Crippen molar-refractivity contribution >= 4 is 28.5 Å². The van der Waals surface area contributed by atoms with E-state index in [2.05, 4.69) is 4.90 Å². The summed E-state index contributed by atoms with van der Waals surface area (Å²) >= 11 is 5.99. The molecule has 3 rings (SSSR count). The normalized spacial score (nSPS) is 15.8. The van der Waals surface area contributed by atoms with Crippen molar-refractivity contribution in [2.75, 3.05) is 33.2 Å². The molecule has 1 saturated heterocycles. The Labute approximate surface area is 158 Å². The van der Waals surface area contributed by atoms with E-state index in [0.717, 1.165) is 26.1 Å². The van der Waals surface area contributed by atoms with E-state index >= 15 is 0 Å². The maximum Gasteiger partial charge on any atom is 0.349 e. The maximum atomic E-state index is 12.7. The predicted molar refractivity (Wildman–Crippen MR) is 104 cm³/mol. The van der Waals surface area contributed by atoms with Gasteiger partial charge < -0.3 is 14.2 Å². The summed E-state index contributed by atoms with van der Waals surface area (Å²) in [6, 6.07) is 6.55. The van der Waals surface area contributed by atoms with Gasteiger partial charge in [-0.3, -0.25) is 4.79 Å². The van der Waals surface area contributed by atoms with Gasteiger partial charge in [-0.2, -0.15) is 0 Å². The van der Waals surface area contributed by atoms with Crippen molar-refractivity contribution in [3.63, 3.8) is 0 Å². The Bertz CT molecular complexity index is 825. The van der Waals surface area contributed by atoms with Gasteiger partial charge in [-0.25, -0.2) is 4.79 Å². The minimum atomic E-state index is -0.607. The molecule has 1 amide bonds. The smallest absolute Gasteiger partial charge is 0.349 e. The summed E-state index contributed by atoms with van der Waals surface area (Å²) in [6.07, 6.45) is 6.05. The van der Waals surface area contributed by atoms with E-state index in [1.54, 1.807) is 36.2 Å². The van der Waals surface area contributed by atoms with Crippen LogP contribution in [0.2, 0.25) is 5.02 Å². The van der Waals surface area contributed by atoms with E-state index in [9.17, 15) is 9.59 Å². The predicted octanol–water partition coefficient (Wildman–Crippen LogP) is 3.78. The zero-order chi connectivity index (χ0) is 18.5. The molecule has 1 aromatic carbocycles. The second kappa shape index (κ2) is 8.69. The SMILES string of the molecule is CN(CCCN1CCCCCC1)C(=O)c1cc2cc(Cl)ccc2oc1=O. The number of carbonyl (C=O) groups excluding carboxylic acids is 1. The fraction of sp³-hybridized carbons (Fsp3) is 0.500. The number of nitrogens with zero attached hydrogens (tertiary/aromatic N) is 2. The summed E-state index contributed by atoms with van der Waals surface area (Å²) in [7, 11) is 1.73. The lowest BCUT2D eigenvalue weighted by Gasteiger charge is -2.22. The molecule has 0 bridgehead atoms. The van der Waals surface area contributed by atoms with Crippen LogP contribution in [-0.4, -0.2) is 48.9 Å². The molecular formula is C20H25ClN2O3. The number of halogens is 1. The van der Waals surface area contributed by atoms with Gasteiger partial charge >= 0.3 is 5.63 Å². The van der Waals surface area contributed by atoms with Crippen LogP contribution in [0.4, 0.5) is 0 Å². The minimum absolute atomic E-state index is 0.0528. The molecule has 1 aliphatic rings. The van der Waals surface area contributed by atoms with Gasteiger partial charge in [-0.1, -0.05) is 24.4 Å². The molecule has 0 aliphatic carbocycles. The Morgan fingerprint density at radius 2 is 1.92 bits per heavy atom. The van der Waals surface area contributed by atoms with Crippen LogP contribution in [0.15, 0.2) is 33.5 Å². The fourth-order valence-corrected chi connectivity index (χ4v) is 3.62. The van der Waals surface area contributed by atoms with Crippen LogP contribution in [0.5, 0.6) is 0 Å². The quantitative estimate of drug-likeness (QED) is 0.745. The van der Waals surface area contributed by atoms with Gasteiger partial charge in [0.05, 0.1) is 0 Å². The Balaban J connectivity index is 1.63. The van der Waals surface area contributed by atoms with Crippen molar-refractivity contribution in [1.82, 2.24) is 9.80 Å². The Kier molecular flexibility index (Phi) is 6.33. The number of rotatable bonds is 5. The first-order valence-corrected chi connectivity index (χ1v) is 9.63. The summed E-state index contributed by atoms with van der Waals surface area (Å²) in [5.74, 6) is -0.309. The topological polar surface area (TPSA) is 53.8 Å². The van der Waals surface area contributed by atoms with E-state index in [-0.39, 0.29) is 11.5 Å². The molecule has 0 saturated carbocycles. The number of hydrogen-bond donors (Lipinski definition) is 0. The van der Waals surface area contributed by atoms with Crippen LogP contribution in [-0.2, 0) is 0 Å².